The van der Waals surface area contributed by atoms with Gasteiger partial charge < -0.3 is 19.5 Å². The van der Waals surface area contributed by atoms with Crippen molar-refractivity contribution >= 4 is 50.6 Å². The molecular weight excluding hydrogens is 421 g/mol. The van der Waals surface area contributed by atoms with Crippen LogP contribution in [0.1, 0.15) is 15.2 Å². The number of hydrogen-bond donors (Lipinski definition) is 1. The lowest BCUT2D eigenvalue weighted by molar-refractivity contribution is -0.119. The minimum Gasteiger partial charge on any atom is -0.495 e. The third-order valence-corrected chi connectivity index (χ3v) is 5.70. The Kier molecular flexibility index (Phi) is 6.24. The van der Waals surface area contributed by atoms with Gasteiger partial charge in [-0.2, -0.15) is 0 Å². The number of nitrogens with one attached hydrogen (secondary N) is 1. The number of benzene rings is 2. The Hall–Kier alpha value is -2.84. The highest BCUT2D eigenvalue weighted by Gasteiger charge is 2.20. The standard InChI is InChI=1S/C20H17ClFNO5S/c1-10-18-12(22)5-4-6-16(18)29-19(10)20(25)28-9-17(24)23-13-7-11(21)14(26-2)8-15(13)27-3/h4-8H,9H2,1-3H3,(H,23,24). The van der Waals surface area contributed by atoms with Gasteiger partial charge in [0.2, 0.25) is 0 Å². The summed E-state index contributed by atoms with van der Waals surface area (Å²) in [6.07, 6.45) is 0. The van der Waals surface area contributed by atoms with E-state index < -0.39 is 24.3 Å². The number of ether oxygens (including phenoxy) is 3. The van der Waals surface area contributed by atoms with Crippen molar-refractivity contribution in [1.29, 1.82) is 0 Å². The van der Waals surface area contributed by atoms with Gasteiger partial charge in [0.05, 0.1) is 24.9 Å². The number of rotatable bonds is 6. The first-order valence-electron chi connectivity index (χ1n) is 8.41. The van der Waals surface area contributed by atoms with E-state index in [1.54, 1.807) is 19.1 Å². The smallest absolute Gasteiger partial charge is 0.349 e. The van der Waals surface area contributed by atoms with Gasteiger partial charge in [0.25, 0.3) is 5.91 Å². The Morgan fingerprint density at radius 3 is 2.55 bits per heavy atom. The van der Waals surface area contributed by atoms with Crippen molar-refractivity contribution in [2.75, 3.05) is 26.1 Å². The maximum absolute atomic E-state index is 14.0. The number of halogens is 2. The molecule has 0 aliphatic heterocycles. The van der Waals surface area contributed by atoms with Crippen LogP contribution in [-0.2, 0) is 9.53 Å². The highest BCUT2D eigenvalue weighted by molar-refractivity contribution is 7.21. The van der Waals surface area contributed by atoms with Gasteiger partial charge in [-0.15, -0.1) is 11.3 Å². The summed E-state index contributed by atoms with van der Waals surface area (Å²) >= 11 is 7.19. The number of esters is 1. The van der Waals surface area contributed by atoms with Crippen molar-refractivity contribution in [2.24, 2.45) is 0 Å². The number of aryl methyl sites for hydroxylation is 1. The van der Waals surface area contributed by atoms with E-state index in [0.717, 1.165) is 11.3 Å². The van der Waals surface area contributed by atoms with Crippen LogP contribution in [0.2, 0.25) is 5.02 Å². The summed E-state index contributed by atoms with van der Waals surface area (Å²) in [5, 5.41) is 3.24. The zero-order valence-electron chi connectivity index (χ0n) is 15.8. The number of amides is 1. The van der Waals surface area contributed by atoms with Crippen molar-refractivity contribution in [1.82, 2.24) is 0 Å². The van der Waals surface area contributed by atoms with E-state index in [9.17, 15) is 14.0 Å². The number of carbonyl (C=O) groups excluding carboxylic acids is 2. The summed E-state index contributed by atoms with van der Waals surface area (Å²) in [6, 6.07) is 7.62. The maximum Gasteiger partial charge on any atom is 0.349 e. The molecule has 0 aliphatic carbocycles. The number of anilines is 1. The Morgan fingerprint density at radius 2 is 1.90 bits per heavy atom. The lowest BCUT2D eigenvalue weighted by atomic mass is 10.1. The van der Waals surface area contributed by atoms with E-state index in [1.807, 2.05) is 0 Å². The molecule has 29 heavy (non-hydrogen) atoms. The molecule has 3 rings (SSSR count). The molecule has 2 aromatic carbocycles. The van der Waals surface area contributed by atoms with E-state index >= 15 is 0 Å². The molecule has 0 bridgehead atoms. The quantitative estimate of drug-likeness (QED) is 0.560. The second kappa shape index (κ2) is 8.67. The van der Waals surface area contributed by atoms with E-state index in [4.69, 9.17) is 25.8 Å². The Balaban J connectivity index is 1.70. The zero-order chi connectivity index (χ0) is 21.1. The molecule has 6 nitrogen and oxygen atoms in total. The van der Waals surface area contributed by atoms with Gasteiger partial charge in [-0.1, -0.05) is 17.7 Å². The van der Waals surface area contributed by atoms with E-state index in [2.05, 4.69) is 5.32 Å². The van der Waals surface area contributed by atoms with Gasteiger partial charge in [-0.3, -0.25) is 4.79 Å². The molecule has 0 unspecified atom stereocenters. The molecule has 1 N–H and O–H groups in total. The van der Waals surface area contributed by atoms with E-state index in [-0.39, 0.29) is 9.90 Å². The van der Waals surface area contributed by atoms with Crippen LogP contribution < -0.4 is 14.8 Å². The molecule has 0 fully saturated rings. The van der Waals surface area contributed by atoms with Crippen molar-refractivity contribution in [3.63, 3.8) is 0 Å². The number of carbonyl (C=O) groups is 2. The minimum absolute atomic E-state index is 0.253. The second-order valence-corrected chi connectivity index (χ2v) is 7.44. The first-order valence-corrected chi connectivity index (χ1v) is 9.61. The lowest BCUT2D eigenvalue weighted by Crippen LogP contribution is -2.21. The minimum atomic E-state index is -0.696. The summed E-state index contributed by atoms with van der Waals surface area (Å²) < 4.78 is 30.0. The molecule has 0 aliphatic rings. The molecule has 1 aromatic heterocycles. The van der Waals surface area contributed by atoms with Crippen LogP contribution in [-0.4, -0.2) is 32.7 Å². The Morgan fingerprint density at radius 1 is 1.17 bits per heavy atom. The fraction of sp³-hybridized carbons (Fsp3) is 0.200. The summed E-state index contributed by atoms with van der Waals surface area (Å²) in [4.78, 5) is 24.9. The molecule has 1 heterocycles. The monoisotopic (exact) mass is 437 g/mol. The molecule has 0 radical (unpaired) electrons. The topological polar surface area (TPSA) is 73.9 Å². The fourth-order valence-electron chi connectivity index (χ4n) is 2.79. The molecule has 152 valence electrons. The van der Waals surface area contributed by atoms with E-state index in [0.29, 0.717) is 32.8 Å². The molecule has 0 spiro atoms. The number of thiophene rings is 1. The van der Waals surface area contributed by atoms with Gasteiger partial charge in [0.1, 0.15) is 22.2 Å². The first kappa shape index (κ1) is 20.9. The molecule has 0 saturated heterocycles. The zero-order valence-corrected chi connectivity index (χ0v) is 17.4. The van der Waals surface area contributed by atoms with Crippen molar-refractivity contribution in [2.45, 2.75) is 6.92 Å². The van der Waals surface area contributed by atoms with Crippen LogP contribution in [0.3, 0.4) is 0 Å². The number of methoxy groups -OCH3 is 2. The Labute approximate surface area is 175 Å². The van der Waals surface area contributed by atoms with Gasteiger partial charge >= 0.3 is 5.97 Å². The average molecular weight is 438 g/mol. The van der Waals surface area contributed by atoms with Gasteiger partial charge in [-0.25, -0.2) is 9.18 Å². The molecule has 0 atom stereocenters. The third-order valence-electron chi connectivity index (χ3n) is 4.17. The number of fused-ring (bicyclic) bond motifs is 1. The molecule has 9 heteroatoms. The van der Waals surface area contributed by atoms with Crippen LogP contribution in [0.15, 0.2) is 30.3 Å². The Bertz CT molecular complexity index is 1100. The number of hydrogen-bond acceptors (Lipinski definition) is 6. The predicted molar refractivity (Wildman–Crippen MR) is 110 cm³/mol. The van der Waals surface area contributed by atoms with Gasteiger partial charge in [-0.05, 0) is 30.7 Å². The summed E-state index contributed by atoms with van der Waals surface area (Å²) in [6.45, 7) is 1.12. The highest BCUT2D eigenvalue weighted by Crippen LogP contribution is 2.36. The SMILES string of the molecule is COc1cc(OC)c(NC(=O)COC(=O)c2sc3cccc(F)c3c2C)cc1Cl. The van der Waals surface area contributed by atoms with Crippen LogP contribution in [0.5, 0.6) is 11.5 Å². The van der Waals surface area contributed by atoms with Crippen molar-refractivity contribution < 1.29 is 28.2 Å². The normalized spacial score (nSPS) is 10.7. The van der Waals surface area contributed by atoms with Gasteiger partial charge in [0.15, 0.2) is 6.61 Å². The van der Waals surface area contributed by atoms with Crippen LogP contribution in [0.25, 0.3) is 10.1 Å². The summed E-state index contributed by atoms with van der Waals surface area (Å²) in [5.41, 5.74) is 0.788. The second-order valence-electron chi connectivity index (χ2n) is 5.98. The van der Waals surface area contributed by atoms with Gasteiger partial charge in [0, 0.05) is 16.2 Å². The summed E-state index contributed by atoms with van der Waals surface area (Å²) in [5.74, 6) is -0.959. The fourth-order valence-corrected chi connectivity index (χ4v) is 4.15. The largest absolute Gasteiger partial charge is 0.495 e. The average Bonchev–Trinajstić information content (AvgIpc) is 3.04. The first-order chi connectivity index (χ1) is 13.8. The van der Waals surface area contributed by atoms with Crippen LogP contribution in [0, 0.1) is 12.7 Å². The van der Waals surface area contributed by atoms with Crippen LogP contribution in [0.4, 0.5) is 10.1 Å². The molecule has 1 amide bonds. The molecule has 0 saturated carbocycles. The van der Waals surface area contributed by atoms with Crippen molar-refractivity contribution in [3.8, 4) is 11.5 Å². The molecule has 3 aromatic rings. The predicted octanol–water partition coefficient (Wildman–Crippen LogP) is 4.81. The van der Waals surface area contributed by atoms with Crippen LogP contribution >= 0.6 is 22.9 Å². The molecular formula is C20H17ClFNO5S. The highest BCUT2D eigenvalue weighted by atomic mass is 35.5. The summed E-state index contributed by atoms with van der Waals surface area (Å²) in [7, 11) is 2.89. The third kappa shape index (κ3) is 4.28. The lowest BCUT2D eigenvalue weighted by Gasteiger charge is -2.13. The van der Waals surface area contributed by atoms with E-state index in [1.165, 1.54) is 32.4 Å². The van der Waals surface area contributed by atoms with Crippen molar-refractivity contribution in [3.05, 3.63) is 51.6 Å². The maximum atomic E-state index is 14.0.